The lowest BCUT2D eigenvalue weighted by molar-refractivity contribution is 0.102. The number of nitrogens with one attached hydrogen (secondary N) is 1. The van der Waals surface area contributed by atoms with Crippen molar-refractivity contribution < 1.29 is 28.6 Å². The van der Waals surface area contributed by atoms with Crippen molar-refractivity contribution >= 4 is 23.5 Å². The van der Waals surface area contributed by atoms with E-state index in [0.29, 0.717) is 22.9 Å². The second-order valence-corrected chi connectivity index (χ2v) is 6.14. The van der Waals surface area contributed by atoms with Gasteiger partial charge < -0.3 is 15.5 Å². The predicted octanol–water partition coefficient (Wildman–Crippen LogP) is 4.52. The summed E-state index contributed by atoms with van der Waals surface area (Å²) in [6.07, 6.45) is 2.78. The zero-order chi connectivity index (χ0) is 21.0. The van der Waals surface area contributed by atoms with Crippen LogP contribution in [0.4, 0.5) is 14.5 Å². The maximum atomic E-state index is 13.2. The molecule has 3 N–H and O–H groups in total. The lowest BCUT2D eigenvalue weighted by Crippen LogP contribution is -2.12. The van der Waals surface area contributed by atoms with Gasteiger partial charge in [0, 0.05) is 22.9 Å². The summed E-state index contributed by atoms with van der Waals surface area (Å²) >= 11 is 0. The van der Waals surface area contributed by atoms with Crippen LogP contribution in [0.1, 0.15) is 26.3 Å². The fraction of sp³-hybridized carbons (Fsp3) is 0. The smallest absolute Gasteiger partial charge is 0.255 e. The third kappa shape index (κ3) is 5.04. The fourth-order valence-electron chi connectivity index (χ4n) is 2.52. The Kier molecular flexibility index (Phi) is 5.69. The Morgan fingerprint density at radius 2 is 1.45 bits per heavy atom. The number of carbonyl (C=O) groups excluding carboxylic acids is 2. The van der Waals surface area contributed by atoms with Crippen molar-refractivity contribution in [2.75, 3.05) is 5.32 Å². The van der Waals surface area contributed by atoms with Crippen molar-refractivity contribution in [2.24, 2.45) is 0 Å². The Morgan fingerprint density at radius 3 is 2.07 bits per heavy atom. The summed E-state index contributed by atoms with van der Waals surface area (Å²) in [5.41, 5.74) is 1.06. The molecule has 0 aliphatic heterocycles. The van der Waals surface area contributed by atoms with Gasteiger partial charge in [0.25, 0.3) is 5.91 Å². The van der Waals surface area contributed by atoms with Crippen LogP contribution in [-0.4, -0.2) is 21.9 Å². The summed E-state index contributed by atoms with van der Waals surface area (Å²) in [5, 5.41) is 21.2. The molecule has 29 heavy (non-hydrogen) atoms. The Bertz CT molecular complexity index is 1090. The van der Waals surface area contributed by atoms with Gasteiger partial charge in [0.2, 0.25) is 0 Å². The van der Waals surface area contributed by atoms with Crippen LogP contribution in [0.25, 0.3) is 6.08 Å². The number of hydrogen-bond donors (Lipinski definition) is 3. The highest BCUT2D eigenvalue weighted by Crippen LogP contribution is 2.25. The second kappa shape index (κ2) is 8.35. The van der Waals surface area contributed by atoms with Crippen LogP contribution in [0.3, 0.4) is 0 Å². The molecule has 0 aliphatic carbocycles. The van der Waals surface area contributed by atoms with Crippen LogP contribution < -0.4 is 5.32 Å². The van der Waals surface area contributed by atoms with Gasteiger partial charge in [-0.15, -0.1) is 0 Å². The van der Waals surface area contributed by atoms with Gasteiger partial charge in [-0.25, -0.2) is 8.78 Å². The van der Waals surface area contributed by atoms with E-state index in [9.17, 15) is 28.6 Å². The van der Waals surface area contributed by atoms with E-state index < -0.39 is 17.5 Å². The first-order chi connectivity index (χ1) is 13.8. The number of aromatic hydroxyl groups is 2. The zero-order valence-corrected chi connectivity index (χ0v) is 14.9. The highest BCUT2D eigenvalue weighted by Gasteiger charge is 2.10. The standard InChI is InChI=1S/C22H15F2NO4/c23-16-10-15(11-17(24)12-16)22(29)25-18-5-3-14(4-6-18)19(26)7-1-13-2-8-20(27)21(28)9-13/h1-12,27-28H,(H,25,29)/b7-1+. The molecule has 0 atom stereocenters. The van der Waals surface area contributed by atoms with Crippen LogP contribution >= 0.6 is 0 Å². The third-order valence-electron chi connectivity index (χ3n) is 3.98. The van der Waals surface area contributed by atoms with E-state index in [1.807, 2.05) is 0 Å². The highest BCUT2D eigenvalue weighted by atomic mass is 19.1. The van der Waals surface area contributed by atoms with Gasteiger partial charge in [-0.05, 0) is 60.2 Å². The molecule has 0 aromatic heterocycles. The molecule has 3 rings (SSSR count). The minimum Gasteiger partial charge on any atom is -0.504 e. The molecule has 3 aromatic carbocycles. The minimum atomic E-state index is -0.857. The molecule has 7 heteroatoms. The van der Waals surface area contributed by atoms with Gasteiger partial charge in [-0.2, -0.15) is 0 Å². The van der Waals surface area contributed by atoms with Crippen molar-refractivity contribution in [1.29, 1.82) is 0 Å². The van der Waals surface area contributed by atoms with Crippen molar-refractivity contribution in [1.82, 2.24) is 0 Å². The number of carbonyl (C=O) groups is 2. The topological polar surface area (TPSA) is 86.6 Å². The number of benzene rings is 3. The van der Waals surface area contributed by atoms with E-state index in [2.05, 4.69) is 5.32 Å². The number of phenolic OH excluding ortho intramolecular Hbond substituents is 2. The predicted molar refractivity (Wildman–Crippen MR) is 104 cm³/mol. The lowest BCUT2D eigenvalue weighted by Gasteiger charge is -2.06. The summed E-state index contributed by atoms with van der Waals surface area (Å²) in [5.74, 6) is -3.27. The molecule has 1 amide bonds. The lowest BCUT2D eigenvalue weighted by atomic mass is 10.1. The summed E-state index contributed by atoms with van der Waals surface area (Å²) in [7, 11) is 0. The normalized spacial score (nSPS) is 10.8. The van der Waals surface area contributed by atoms with E-state index in [-0.39, 0.29) is 22.8 Å². The zero-order valence-electron chi connectivity index (χ0n) is 14.9. The molecular formula is C22H15F2NO4. The second-order valence-electron chi connectivity index (χ2n) is 6.14. The van der Waals surface area contributed by atoms with Gasteiger partial charge in [-0.3, -0.25) is 9.59 Å². The van der Waals surface area contributed by atoms with Crippen molar-refractivity contribution in [3.8, 4) is 11.5 Å². The SMILES string of the molecule is O=C(/C=C/c1ccc(O)c(O)c1)c1ccc(NC(=O)c2cc(F)cc(F)c2)cc1. The monoisotopic (exact) mass is 395 g/mol. The molecule has 146 valence electrons. The Labute approximate surface area is 164 Å². The van der Waals surface area contributed by atoms with Crippen LogP contribution in [0.5, 0.6) is 11.5 Å². The third-order valence-corrected chi connectivity index (χ3v) is 3.98. The van der Waals surface area contributed by atoms with E-state index in [0.717, 1.165) is 12.1 Å². The maximum Gasteiger partial charge on any atom is 0.255 e. The molecule has 0 radical (unpaired) electrons. The fourth-order valence-corrected chi connectivity index (χ4v) is 2.52. The number of amides is 1. The number of allylic oxidation sites excluding steroid dienone is 1. The Hall–Kier alpha value is -4.00. The molecular weight excluding hydrogens is 380 g/mol. The molecule has 0 unspecified atom stereocenters. The molecule has 5 nitrogen and oxygen atoms in total. The van der Waals surface area contributed by atoms with E-state index in [1.54, 1.807) is 0 Å². The summed E-state index contributed by atoms with van der Waals surface area (Å²) in [4.78, 5) is 24.3. The van der Waals surface area contributed by atoms with Crippen molar-refractivity contribution in [2.45, 2.75) is 0 Å². The molecule has 3 aromatic rings. The number of hydrogen-bond acceptors (Lipinski definition) is 4. The molecule has 0 saturated carbocycles. The summed E-state index contributed by atoms with van der Waals surface area (Å²) in [6.45, 7) is 0. The Balaban J connectivity index is 1.67. The van der Waals surface area contributed by atoms with Gasteiger partial charge in [-0.1, -0.05) is 12.1 Å². The highest BCUT2D eigenvalue weighted by molar-refractivity contribution is 6.08. The van der Waals surface area contributed by atoms with Gasteiger partial charge in [0.15, 0.2) is 17.3 Å². The molecule has 0 aliphatic rings. The van der Waals surface area contributed by atoms with E-state index >= 15 is 0 Å². The van der Waals surface area contributed by atoms with E-state index in [4.69, 9.17) is 0 Å². The molecule has 0 saturated heterocycles. The van der Waals surface area contributed by atoms with Crippen LogP contribution in [0.2, 0.25) is 0 Å². The average molecular weight is 395 g/mol. The largest absolute Gasteiger partial charge is 0.504 e. The Morgan fingerprint density at radius 1 is 0.793 bits per heavy atom. The average Bonchev–Trinajstić information content (AvgIpc) is 2.68. The maximum absolute atomic E-state index is 13.2. The molecule has 0 spiro atoms. The molecule has 0 heterocycles. The van der Waals surface area contributed by atoms with Gasteiger partial charge in [0.1, 0.15) is 11.6 Å². The molecule has 0 fully saturated rings. The van der Waals surface area contributed by atoms with Crippen molar-refractivity contribution in [3.05, 3.63) is 95.1 Å². The summed E-state index contributed by atoms with van der Waals surface area (Å²) in [6, 6.07) is 12.6. The number of anilines is 1. The number of halogens is 2. The van der Waals surface area contributed by atoms with Gasteiger partial charge in [0.05, 0.1) is 0 Å². The quantitative estimate of drug-likeness (QED) is 0.337. The number of phenols is 2. The van der Waals surface area contributed by atoms with E-state index in [1.165, 1.54) is 54.6 Å². The van der Waals surface area contributed by atoms with Gasteiger partial charge >= 0.3 is 0 Å². The number of rotatable bonds is 5. The minimum absolute atomic E-state index is 0.164. The first-order valence-corrected chi connectivity index (χ1v) is 8.44. The van der Waals surface area contributed by atoms with Crippen LogP contribution in [0.15, 0.2) is 66.7 Å². The van der Waals surface area contributed by atoms with Crippen LogP contribution in [0, 0.1) is 11.6 Å². The molecule has 0 bridgehead atoms. The van der Waals surface area contributed by atoms with Crippen LogP contribution in [-0.2, 0) is 0 Å². The first kappa shape index (κ1) is 19.8. The number of ketones is 1. The first-order valence-electron chi connectivity index (χ1n) is 8.44. The summed E-state index contributed by atoms with van der Waals surface area (Å²) < 4.78 is 26.4. The van der Waals surface area contributed by atoms with Crippen molar-refractivity contribution in [3.63, 3.8) is 0 Å².